The van der Waals surface area contributed by atoms with E-state index in [1.165, 1.54) is 6.42 Å². The van der Waals surface area contributed by atoms with E-state index in [9.17, 15) is 4.79 Å². The van der Waals surface area contributed by atoms with Crippen LogP contribution in [-0.2, 0) is 4.79 Å². The maximum atomic E-state index is 12.2. The van der Waals surface area contributed by atoms with Crippen LogP contribution in [0, 0.1) is 5.92 Å². The highest BCUT2D eigenvalue weighted by Crippen LogP contribution is 2.34. The van der Waals surface area contributed by atoms with Gasteiger partial charge in [-0.1, -0.05) is 0 Å². The van der Waals surface area contributed by atoms with Crippen LogP contribution in [0.4, 0.5) is 5.69 Å². The van der Waals surface area contributed by atoms with Gasteiger partial charge in [-0.3, -0.25) is 9.69 Å². The van der Waals surface area contributed by atoms with Gasteiger partial charge in [-0.15, -0.1) is 12.4 Å². The molecule has 0 bridgehead atoms. The van der Waals surface area contributed by atoms with Crippen LogP contribution in [0.3, 0.4) is 0 Å². The van der Waals surface area contributed by atoms with Gasteiger partial charge in [-0.05, 0) is 37.4 Å². The molecule has 1 aromatic carbocycles. The van der Waals surface area contributed by atoms with Gasteiger partial charge in [0.05, 0.1) is 6.54 Å². The topological polar surface area (TPSA) is 62.8 Å². The van der Waals surface area contributed by atoms with Crippen LogP contribution in [0.1, 0.15) is 12.8 Å². The Bertz CT molecular complexity index is 584. The first-order valence-corrected chi connectivity index (χ1v) is 7.93. The molecule has 2 atom stereocenters. The molecular weight excluding hydrogens is 318 g/mol. The molecule has 3 aliphatic rings. The van der Waals surface area contributed by atoms with Gasteiger partial charge in [0, 0.05) is 30.9 Å². The third-order valence-corrected chi connectivity index (χ3v) is 4.76. The van der Waals surface area contributed by atoms with Crippen molar-refractivity contribution in [1.82, 2.24) is 10.2 Å². The van der Waals surface area contributed by atoms with Gasteiger partial charge in [-0.25, -0.2) is 0 Å². The van der Waals surface area contributed by atoms with Crippen LogP contribution < -0.4 is 20.1 Å². The summed E-state index contributed by atoms with van der Waals surface area (Å²) >= 11 is 0. The maximum Gasteiger partial charge on any atom is 0.238 e. The second-order valence-corrected chi connectivity index (χ2v) is 6.25. The maximum absolute atomic E-state index is 12.2. The van der Waals surface area contributed by atoms with E-state index in [1.807, 2.05) is 18.2 Å². The van der Waals surface area contributed by atoms with Crippen molar-refractivity contribution in [2.24, 2.45) is 5.92 Å². The molecule has 1 aromatic rings. The first kappa shape index (κ1) is 16.4. The molecule has 0 spiro atoms. The molecule has 126 valence electrons. The lowest BCUT2D eigenvalue weighted by Crippen LogP contribution is -2.46. The van der Waals surface area contributed by atoms with E-state index in [2.05, 4.69) is 15.5 Å². The van der Waals surface area contributed by atoms with Crippen molar-refractivity contribution in [3.05, 3.63) is 18.2 Å². The van der Waals surface area contributed by atoms with Crippen LogP contribution in [0.25, 0.3) is 0 Å². The summed E-state index contributed by atoms with van der Waals surface area (Å²) in [7, 11) is 0. The van der Waals surface area contributed by atoms with E-state index in [1.54, 1.807) is 0 Å². The number of carbonyl (C=O) groups is 1. The summed E-state index contributed by atoms with van der Waals surface area (Å²) in [6.07, 6.45) is 2.37. The predicted molar refractivity (Wildman–Crippen MR) is 89.4 cm³/mol. The highest BCUT2D eigenvalue weighted by Gasteiger charge is 2.33. The molecule has 3 aliphatic heterocycles. The molecule has 4 rings (SSSR count). The summed E-state index contributed by atoms with van der Waals surface area (Å²) in [4.78, 5) is 14.5. The molecule has 0 aromatic heterocycles. The van der Waals surface area contributed by atoms with Gasteiger partial charge in [0.2, 0.25) is 12.7 Å². The summed E-state index contributed by atoms with van der Waals surface area (Å²) in [5, 5.41) is 6.49. The highest BCUT2D eigenvalue weighted by molar-refractivity contribution is 5.92. The third-order valence-electron chi connectivity index (χ3n) is 4.76. The van der Waals surface area contributed by atoms with E-state index in [4.69, 9.17) is 9.47 Å². The minimum absolute atomic E-state index is 0. The number of amides is 1. The Morgan fingerprint density at radius 3 is 3.09 bits per heavy atom. The van der Waals surface area contributed by atoms with E-state index < -0.39 is 0 Å². The van der Waals surface area contributed by atoms with Gasteiger partial charge in [0.25, 0.3) is 0 Å². The molecule has 7 heteroatoms. The fraction of sp³-hybridized carbons (Fsp3) is 0.562. The molecule has 0 radical (unpaired) electrons. The molecule has 2 fully saturated rings. The Hall–Kier alpha value is -1.50. The van der Waals surface area contributed by atoms with Gasteiger partial charge in [-0.2, -0.15) is 0 Å². The van der Waals surface area contributed by atoms with Crippen LogP contribution in [0.15, 0.2) is 18.2 Å². The van der Waals surface area contributed by atoms with Crippen LogP contribution in [0.5, 0.6) is 11.5 Å². The molecule has 0 aliphatic carbocycles. The smallest absolute Gasteiger partial charge is 0.238 e. The summed E-state index contributed by atoms with van der Waals surface area (Å²) in [6, 6.07) is 6.15. The number of nitrogens with one attached hydrogen (secondary N) is 2. The number of likely N-dealkylation sites (tertiary alicyclic amines) is 1. The van der Waals surface area contributed by atoms with Crippen molar-refractivity contribution in [2.75, 3.05) is 38.3 Å². The van der Waals surface area contributed by atoms with E-state index in [0.29, 0.717) is 24.3 Å². The zero-order valence-electron chi connectivity index (χ0n) is 12.9. The Labute approximate surface area is 141 Å². The number of fused-ring (bicyclic) bond motifs is 2. The summed E-state index contributed by atoms with van der Waals surface area (Å²) in [5.74, 6) is 2.15. The molecule has 1 amide bonds. The number of ether oxygens (including phenoxy) is 2. The number of carbonyl (C=O) groups excluding carboxylic acids is 1. The zero-order valence-corrected chi connectivity index (χ0v) is 13.7. The fourth-order valence-electron chi connectivity index (χ4n) is 3.64. The molecule has 0 saturated carbocycles. The Morgan fingerprint density at radius 1 is 1.30 bits per heavy atom. The number of rotatable bonds is 3. The van der Waals surface area contributed by atoms with Crippen LogP contribution >= 0.6 is 12.4 Å². The van der Waals surface area contributed by atoms with E-state index >= 15 is 0 Å². The van der Waals surface area contributed by atoms with Crippen molar-refractivity contribution < 1.29 is 14.3 Å². The highest BCUT2D eigenvalue weighted by atomic mass is 35.5. The predicted octanol–water partition coefficient (Wildman–Crippen LogP) is 1.46. The first-order valence-electron chi connectivity index (χ1n) is 7.93. The van der Waals surface area contributed by atoms with Crippen molar-refractivity contribution in [3.63, 3.8) is 0 Å². The molecule has 2 N–H and O–H groups in total. The number of anilines is 1. The molecule has 6 nitrogen and oxygen atoms in total. The third kappa shape index (κ3) is 3.54. The average molecular weight is 340 g/mol. The second kappa shape index (κ2) is 6.95. The van der Waals surface area contributed by atoms with Gasteiger partial charge in [0.15, 0.2) is 11.5 Å². The Morgan fingerprint density at radius 2 is 2.17 bits per heavy atom. The minimum atomic E-state index is 0. The quantitative estimate of drug-likeness (QED) is 0.873. The summed E-state index contributed by atoms with van der Waals surface area (Å²) < 4.78 is 10.6. The van der Waals surface area contributed by atoms with Crippen molar-refractivity contribution >= 4 is 24.0 Å². The van der Waals surface area contributed by atoms with Gasteiger partial charge >= 0.3 is 0 Å². The lowest BCUT2D eigenvalue weighted by molar-refractivity contribution is -0.117. The fourth-order valence-corrected chi connectivity index (χ4v) is 3.64. The summed E-state index contributed by atoms with van der Waals surface area (Å²) in [6.45, 7) is 3.83. The van der Waals surface area contributed by atoms with Crippen molar-refractivity contribution in [2.45, 2.75) is 18.9 Å². The zero-order chi connectivity index (χ0) is 14.9. The lowest BCUT2D eigenvalue weighted by Gasteiger charge is -2.34. The Balaban J connectivity index is 0.00000156. The largest absolute Gasteiger partial charge is 0.454 e. The number of benzene rings is 1. The number of hydrogen-bond acceptors (Lipinski definition) is 5. The van der Waals surface area contributed by atoms with Crippen LogP contribution in [-0.4, -0.2) is 49.8 Å². The second-order valence-electron chi connectivity index (χ2n) is 6.25. The summed E-state index contributed by atoms with van der Waals surface area (Å²) in [5.41, 5.74) is 0.756. The Kier molecular flexibility index (Phi) is 4.94. The molecule has 23 heavy (non-hydrogen) atoms. The van der Waals surface area contributed by atoms with Crippen LogP contribution in [0.2, 0.25) is 0 Å². The monoisotopic (exact) mass is 339 g/mol. The SMILES string of the molecule is Cl.O=C(CN1CCC2NCCC2C1)Nc1ccc2c(c1)OCO2. The number of nitrogens with zero attached hydrogens (tertiary/aromatic N) is 1. The van der Waals surface area contributed by atoms with Gasteiger partial charge < -0.3 is 20.1 Å². The lowest BCUT2D eigenvalue weighted by atomic mass is 9.93. The molecule has 2 saturated heterocycles. The first-order chi connectivity index (χ1) is 10.8. The van der Waals surface area contributed by atoms with E-state index in [0.717, 1.165) is 37.5 Å². The normalized spacial score (nSPS) is 25.6. The minimum Gasteiger partial charge on any atom is -0.454 e. The molecule has 2 unspecified atom stereocenters. The number of piperidine rings is 1. The van der Waals surface area contributed by atoms with Crippen molar-refractivity contribution in [1.29, 1.82) is 0 Å². The number of hydrogen-bond donors (Lipinski definition) is 2. The standard InChI is InChI=1S/C16H21N3O3.ClH/c20-16(9-19-6-4-13-11(8-19)3-5-17-13)18-12-1-2-14-15(7-12)22-10-21-14;/h1-2,7,11,13,17H,3-6,8-10H2,(H,18,20);1H. The van der Waals surface area contributed by atoms with Crippen molar-refractivity contribution in [3.8, 4) is 11.5 Å². The molecule has 3 heterocycles. The van der Waals surface area contributed by atoms with E-state index in [-0.39, 0.29) is 25.1 Å². The molecular formula is C16H22ClN3O3. The average Bonchev–Trinajstić information content (AvgIpc) is 3.14. The van der Waals surface area contributed by atoms with Gasteiger partial charge in [0.1, 0.15) is 0 Å². The number of halogens is 1.